The molecule has 0 heterocycles. The lowest BCUT2D eigenvalue weighted by molar-refractivity contribution is -0.161. The van der Waals surface area contributed by atoms with Crippen molar-refractivity contribution in [1.29, 1.82) is 0 Å². The number of unbranched alkanes of at least 4 members (excludes halogenated alkanes) is 10. The van der Waals surface area contributed by atoms with Crippen LogP contribution in [0.25, 0.3) is 0 Å². The number of esters is 4. The molecule has 17 nitrogen and oxygen atoms in total. The number of phosphoric acid groups is 2. The largest absolute Gasteiger partial charge is 0.472 e. The quantitative estimate of drug-likeness (QED) is 0.0169. The predicted octanol–water partition coefficient (Wildman–Crippen LogP) is 20.4. The van der Waals surface area contributed by atoms with Crippen molar-refractivity contribution < 1.29 is 80.2 Å². The normalized spacial score (nSPS) is 15.1. The van der Waals surface area contributed by atoms with Gasteiger partial charge in [-0.1, -0.05) is 242 Å². The summed E-state index contributed by atoms with van der Waals surface area (Å²) in [5.74, 6) is -2.48. The number of allylic oxidation sites excluding steroid dienone is 29. The molecule has 0 aliphatic carbocycles. The minimum absolute atomic E-state index is 0.0207. The van der Waals surface area contributed by atoms with Gasteiger partial charge in [0.05, 0.1) is 32.8 Å². The summed E-state index contributed by atoms with van der Waals surface area (Å²) in [6.45, 7) is 4.18. The van der Waals surface area contributed by atoms with Crippen molar-refractivity contribution in [3.8, 4) is 0 Å². The molecule has 0 spiro atoms. The lowest BCUT2D eigenvalue weighted by Crippen LogP contribution is -2.30. The van der Waals surface area contributed by atoms with Crippen LogP contribution in [0.5, 0.6) is 0 Å². The lowest BCUT2D eigenvalue weighted by atomic mass is 10.1. The summed E-state index contributed by atoms with van der Waals surface area (Å²) in [4.78, 5) is 72.6. The Morgan fingerprint density at radius 2 is 0.582 bits per heavy atom. The third-order valence-electron chi connectivity index (χ3n) is 13.9. The van der Waals surface area contributed by atoms with Gasteiger partial charge in [0, 0.05) is 19.3 Å². The number of hydrogen-bond acceptors (Lipinski definition) is 15. The van der Waals surface area contributed by atoms with Gasteiger partial charge in [0.2, 0.25) is 0 Å². The topological polar surface area (TPSA) is 237 Å². The first-order valence-corrected chi connectivity index (χ1v) is 39.0. The lowest BCUT2D eigenvalue weighted by Gasteiger charge is -2.21. The summed E-state index contributed by atoms with van der Waals surface area (Å²) in [6, 6.07) is 0. The molecule has 552 valence electrons. The second-order valence-electron chi connectivity index (χ2n) is 23.0. The fourth-order valence-electron chi connectivity index (χ4n) is 8.47. The Balaban J connectivity index is 5.51. The maximum Gasteiger partial charge on any atom is 0.472 e. The maximum atomic E-state index is 13.0. The number of ether oxygens (including phenoxy) is 4. The highest BCUT2D eigenvalue weighted by molar-refractivity contribution is 7.47. The second-order valence-corrected chi connectivity index (χ2v) is 26.0. The van der Waals surface area contributed by atoms with E-state index in [1.807, 2.05) is 36.5 Å². The molecule has 0 aliphatic rings. The zero-order valence-electron chi connectivity index (χ0n) is 59.9. The number of rotatable bonds is 65. The zero-order valence-corrected chi connectivity index (χ0v) is 61.7. The van der Waals surface area contributed by atoms with Gasteiger partial charge in [0.1, 0.15) is 19.3 Å². The van der Waals surface area contributed by atoms with Gasteiger partial charge in [-0.15, -0.1) is 0 Å². The Morgan fingerprint density at radius 3 is 0.969 bits per heavy atom. The van der Waals surface area contributed by atoms with E-state index in [9.17, 15) is 43.2 Å². The summed E-state index contributed by atoms with van der Waals surface area (Å²) >= 11 is 0. The van der Waals surface area contributed by atoms with Crippen LogP contribution < -0.4 is 0 Å². The summed E-state index contributed by atoms with van der Waals surface area (Å²) < 4.78 is 68.0. The van der Waals surface area contributed by atoms with E-state index in [-0.39, 0.29) is 25.7 Å². The fraction of sp³-hybridized carbons (Fsp3) is 0.570. The van der Waals surface area contributed by atoms with Gasteiger partial charge < -0.3 is 33.8 Å². The van der Waals surface area contributed by atoms with Crippen LogP contribution in [0.4, 0.5) is 0 Å². The smallest absolute Gasteiger partial charge is 0.462 e. The maximum absolute atomic E-state index is 13.0. The molecule has 0 aromatic heterocycles. The van der Waals surface area contributed by atoms with E-state index in [0.29, 0.717) is 38.5 Å². The van der Waals surface area contributed by atoms with Gasteiger partial charge >= 0.3 is 39.5 Å². The van der Waals surface area contributed by atoms with Gasteiger partial charge in [0.25, 0.3) is 0 Å². The van der Waals surface area contributed by atoms with Crippen molar-refractivity contribution in [1.82, 2.24) is 0 Å². The molecule has 0 amide bonds. The number of carbonyl (C=O) groups is 4. The third-order valence-corrected chi connectivity index (χ3v) is 15.8. The highest BCUT2D eigenvalue weighted by atomic mass is 31.2. The van der Waals surface area contributed by atoms with E-state index in [1.165, 1.54) is 6.42 Å². The Bertz CT molecular complexity index is 2580. The molecule has 0 aromatic rings. The molecule has 0 saturated heterocycles. The predicted molar refractivity (Wildman–Crippen MR) is 399 cm³/mol. The van der Waals surface area contributed by atoms with Crippen molar-refractivity contribution in [2.24, 2.45) is 0 Å². The molecule has 3 N–H and O–H groups in total. The molecule has 0 saturated carbocycles. The Labute approximate surface area is 590 Å². The number of aliphatic hydroxyl groups is 1. The molecule has 5 unspecified atom stereocenters. The number of carbonyl (C=O) groups excluding carboxylic acids is 4. The fourth-order valence-corrected chi connectivity index (χ4v) is 10.1. The number of phosphoric ester groups is 2. The van der Waals surface area contributed by atoms with Crippen LogP contribution in [0, 0.1) is 0 Å². The van der Waals surface area contributed by atoms with Crippen LogP contribution in [0.3, 0.4) is 0 Å². The zero-order chi connectivity index (χ0) is 71.8. The van der Waals surface area contributed by atoms with E-state index >= 15 is 0 Å². The van der Waals surface area contributed by atoms with E-state index in [2.05, 4.69) is 167 Å². The molecule has 0 rings (SSSR count). The average Bonchev–Trinajstić information content (AvgIpc) is 0.986. The van der Waals surface area contributed by atoms with Gasteiger partial charge in [-0.05, 0) is 148 Å². The first kappa shape index (κ1) is 92.2. The van der Waals surface area contributed by atoms with Crippen molar-refractivity contribution in [3.05, 3.63) is 182 Å². The standard InChI is InChI=1S/C79H124O17P2/c1-5-9-13-17-21-25-29-32-35-36-39-41-45-48-52-56-60-64-77(82)90-70-75(96-79(84)66-62-58-54-50-46-42-38-34-31-27-23-19-15-11-7-3)72-94-98(87,88)92-68-73(80)67-91-97(85,86)93-71-74(95-78(83)65-61-57-53-49-43-28-24-20-16-12-8-4)69-89-76(81)63-59-55-51-47-44-40-37-33-30-26-22-18-14-10-6-2/h9-11,13-15,20-27,32-35,37-39,41,44,46-48,50,52,55,59,73-75,80H,5-8,12,16-19,28-31,36,40,42-43,45,49,51,53-54,56-58,60-72H2,1-4H3,(H,85,86)(H,87,88)/b13-9-,14-10-,15-11-,24-20-,25-21-,26-22-,27-23-,35-32-,37-33-,38-34-,41-39-,47-44-,50-46-,52-48-,59-55-. The van der Waals surface area contributed by atoms with E-state index in [0.717, 1.165) is 135 Å². The van der Waals surface area contributed by atoms with Gasteiger partial charge in [-0.3, -0.25) is 37.3 Å². The number of hydrogen-bond donors (Lipinski definition) is 3. The molecule has 19 heteroatoms. The molecule has 0 radical (unpaired) electrons. The van der Waals surface area contributed by atoms with E-state index in [4.69, 9.17) is 37.0 Å². The summed E-state index contributed by atoms with van der Waals surface area (Å²) in [5.41, 5.74) is 0. The molecule has 0 aromatic carbocycles. The highest BCUT2D eigenvalue weighted by Gasteiger charge is 2.30. The van der Waals surface area contributed by atoms with Crippen LogP contribution in [0.15, 0.2) is 182 Å². The summed E-state index contributed by atoms with van der Waals surface area (Å²) in [7, 11) is -10.0. The van der Waals surface area contributed by atoms with Crippen molar-refractivity contribution in [2.75, 3.05) is 39.6 Å². The molecular formula is C79H124O17P2. The van der Waals surface area contributed by atoms with Crippen molar-refractivity contribution >= 4 is 39.5 Å². The third kappa shape index (κ3) is 68.7. The molecule has 98 heavy (non-hydrogen) atoms. The molecular weight excluding hydrogens is 1280 g/mol. The number of aliphatic hydroxyl groups excluding tert-OH is 1. The van der Waals surface area contributed by atoms with Crippen LogP contribution in [0.1, 0.15) is 233 Å². The van der Waals surface area contributed by atoms with Crippen LogP contribution in [-0.2, 0) is 65.4 Å². The van der Waals surface area contributed by atoms with E-state index in [1.54, 1.807) is 6.08 Å². The molecule has 0 aliphatic heterocycles. The molecule has 5 atom stereocenters. The molecule has 0 bridgehead atoms. The summed E-state index contributed by atoms with van der Waals surface area (Å²) in [5, 5.41) is 10.6. The van der Waals surface area contributed by atoms with Crippen LogP contribution >= 0.6 is 15.6 Å². The average molecular weight is 1410 g/mol. The van der Waals surface area contributed by atoms with E-state index < -0.39 is 97.5 Å². The first-order valence-electron chi connectivity index (χ1n) is 36.0. The monoisotopic (exact) mass is 1410 g/mol. The summed E-state index contributed by atoms with van der Waals surface area (Å²) in [6.07, 6.45) is 82.4. The van der Waals surface area contributed by atoms with Gasteiger partial charge in [-0.2, -0.15) is 0 Å². The Hall–Kier alpha value is -5.84. The minimum atomic E-state index is -5.01. The Morgan fingerprint density at radius 1 is 0.306 bits per heavy atom. The second kappa shape index (κ2) is 69.6. The highest BCUT2D eigenvalue weighted by Crippen LogP contribution is 2.45. The first-order chi connectivity index (χ1) is 47.7. The van der Waals surface area contributed by atoms with Crippen LogP contribution in [0.2, 0.25) is 0 Å². The molecule has 0 fully saturated rings. The SMILES string of the molecule is CC/C=C\C/C=C\C/C=C\C/C=C\C/C=C\CCCC(=O)OCC(COP(=O)(O)OCC(O)COP(=O)(O)OCC(COC(=O)C/C=C\C/C=C\C/C=C\C/C=C\C/C=C\CC)OC(=O)CCCCCCC/C=C\CCCC)OC(=O)CCCC/C=C\C/C=C\C/C=C\C/C=C\CC. The van der Waals surface area contributed by atoms with Crippen LogP contribution in [-0.4, -0.2) is 96.7 Å². The van der Waals surface area contributed by atoms with Gasteiger partial charge in [-0.25, -0.2) is 9.13 Å². The van der Waals surface area contributed by atoms with Crippen molar-refractivity contribution in [2.45, 2.75) is 251 Å². The van der Waals surface area contributed by atoms with Crippen molar-refractivity contribution in [3.63, 3.8) is 0 Å². The Kier molecular flexibility index (Phi) is 65.5. The minimum Gasteiger partial charge on any atom is -0.462 e. The van der Waals surface area contributed by atoms with Gasteiger partial charge in [0.15, 0.2) is 12.2 Å².